The Hall–Kier alpha value is 1.45. The Labute approximate surface area is 120 Å². The Morgan fingerprint density at radius 1 is 1.15 bits per heavy atom. The predicted octanol–water partition coefficient (Wildman–Crippen LogP) is -0.172. The zero-order chi connectivity index (χ0) is 9.78. The summed E-state index contributed by atoms with van der Waals surface area (Å²) in [7, 11) is 0. The molecule has 0 aliphatic rings. The van der Waals surface area contributed by atoms with Crippen LogP contribution in [0.5, 0.6) is 0 Å². The molecular weight excluding hydrogens is 207 g/mol. The first-order valence-electron chi connectivity index (χ1n) is 4.14. The number of ether oxygens (including phenoxy) is 1. The average molecular weight is 222 g/mol. The molecule has 1 nitrogen and oxygen atoms in total. The van der Waals surface area contributed by atoms with Gasteiger partial charge >= 0.3 is 58.4 Å². The van der Waals surface area contributed by atoms with Crippen LogP contribution in [0.25, 0.3) is 0 Å². The molecule has 13 heavy (non-hydrogen) atoms. The number of hydrogen-bond donors (Lipinski definition) is 0. The Balaban J connectivity index is 0. The van der Waals surface area contributed by atoms with Crippen LogP contribution in [0.3, 0.4) is 0 Å². The van der Waals surface area contributed by atoms with Gasteiger partial charge in [-0.15, -0.1) is 0 Å². The second-order valence-corrected chi connectivity index (χ2v) is 3.48. The van der Waals surface area contributed by atoms with E-state index in [-0.39, 0.29) is 57.5 Å². The first kappa shape index (κ1) is 16.9. The number of rotatable bonds is 5. The average Bonchev–Trinajstić information content (AvgIpc) is 1.80. The van der Waals surface area contributed by atoms with Crippen LogP contribution in [0, 0.1) is 5.92 Å². The quantitative estimate of drug-likeness (QED) is 0.587. The normalized spacial score (nSPS) is 14.1. The van der Waals surface area contributed by atoms with Crippen LogP contribution in [0.4, 0.5) is 12.9 Å². The standard InChI is InChI=1S/C7H15BF3O.K/c1-6(2)4-7(3)12-5-8(9,10)11;/h6-7H,4-5H2,1-3H3;/q-1;+1. The maximum Gasteiger partial charge on any atom is 1.00 e. The van der Waals surface area contributed by atoms with E-state index in [0.717, 1.165) is 0 Å². The van der Waals surface area contributed by atoms with E-state index in [1.807, 2.05) is 13.8 Å². The molecule has 0 fully saturated rings. The van der Waals surface area contributed by atoms with E-state index in [4.69, 9.17) is 0 Å². The maximum absolute atomic E-state index is 11.7. The third-order valence-corrected chi connectivity index (χ3v) is 1.37. The van der Waals surface area contributed by atoms with E-state index in [0.29, 0.717) is 12.3 Å². The second kappa shape index (κ2) is 7.71. The zero-order valence-corrected chi connectivity index (χ0v) is 11.8. The van der Waals surface area contributed by atoms with E-state index in [1.165, 1.54) is 0 Å². The summed E-state index contributed by atoms with van der Waals surface area (Å²) < 4.78 is 39.7. The Morgan fingerprint density at radius 3 is 1.92 bits per heavy atom. The third-order valence-electron chi connectivity index (χ3n) is 1.37. The Bertz CT molecular complexity index is 129. The summed E-state index contributed by atoms with van der Waals surface area (Å²) in [6.45, 7) is -0.277. The molecule has 74 valence electrons. The fraction of sp³-hybridized carbons (Fsp3) is 1.00. The molecule has 0 N–H and O–H groups in total. The van der Waals surface area contributed by atoms with Crippen molar-refractivity contribution in [2.45, 2.75) is 33.3 Å². The van der Waals surface area contributed by atoms with Crippen molar-refractivity contribution in [3.05, 3.63) is 0 Å². The molecule has 1 unspecified atom stereocenters. The zero-order valence-electron chi connectivity index (χ0n) is 8.69. The van der Waals surface area contributed by atoms with Gasteiger partial charge in [0.05, 0.1) is 6.10 Å². The van der Waals surface area contributed by atoms with Crippen molar-refractivity contribution in [1.82, 2.24) is 0 Å². The summed E-state index contributed by atoms with van der Waals surface area (Å²) in [4.78, 5) is 0. The van der Waals surface area contributed by atoms with Crippen LogP contribution in [-0.2, 0) is 4.74 Å². The SMILES string of the molecule is CC(C)CC(C)OC[B-](F)(F)F.[K+]. The Morgan fingerprint density at radius 2 is 1.62 bits per heavy atom. The molecule has 0 rings (SSSR count). The molecule has 0 saturated carbocycles. The van der Waals surface area contributed by atoms with Gasteiger partial charge in [0, 0.05) is 6.51 Å². The van der Waals surface area contributed by atoms with Crippen molar-refractivity contribution in [3.8, 4) is 0 Å². The molecule has 0 aromatic carbocycles. The fourth-order valence-corrected chi connectivity index (χ4v) is 1.01. The van der Waals surface area contributed by atoms with Gasteiger partial charge < -0.3 is 17.7 Å². The Kier molecular flexibility index (Phi) is 10.00. The van der Waals surface area contributed by atoms with Crippen molar-refractivity contribution in [2.75, 3.05) is 6.51 Å². The molecule has 0 heterocycles. The monoisotopic (exact) mass is 222 g/mol. The van der Waals surface area contributed by atoms with Crippen LogP contribution < -0.4 is 51.4 Å². The minimum absolute atomic E-state index is 0. The molecule has 0 spiro atoms. The minimum atomic E-state index is -4.78. The predicted molar refractivity (Wildman–Crippen MR) is 43.9 cm³/mol. The molecule has 0 aliphatic carbocycles. The van der Waals surface area contributed by atoms with E-state index in [9.17, 15) is 12.9 Å². The summed E-state index contributed by atoms with van der Waals surface area (Å²) in [6, 6.07) is 0. The summed E-state index contributed by atoms with van der Waals surface area (Å²) in [5.41, 5.74) is 0. The number of halogens is 3. The molecular formula is C7H15BF3KO. The molecule has 0 aliphatic heterocycles. The first-order valence-corrected chi connectivity index (χ1v) is 4.14. The van der Waals surface area contributed by atoms with Crippen LogP contribution in [0.15, 0.2) is 0 Å². The van der Waals surface area contributed by atoms with Crippen molar-refractivity contribution in [2.24, 2.45) is 5.92 Å². The van der Waals surface area contributed by atoms with Gasteiger partial charge in [-0.3, -0.25) is 0 Å². The van der Waals surface area contributed by atoms with Gasteiger partial charge in [0.2, 0.25) is 0 Å². The molecule has 0 radical (unpaired) electrons. The summed E-state index contributed by atoms with van der Waals surface area (Å²) >= 11 is 0. The molecule has 0 aromatic heterocycles. The van der Waals surface area contributed by atoms with E-state index >= 15 is 0 Å². The minimum Gasteiger partial charge on any atom is -0.447 e. The molecule has 1 atom stereocenters. The van der Waals surface area contributed by atoms with Gasteiger partial charge in [-0.25, -0.2) is 0 Å². The molecule has 0 amide bonds. The van der Waals surface area contributed by atoms with Crippen molar-refractivity contribution < 1.29 is 69.1 Å². The van der Waals surface area contributed by atoms with Crippen molar-refractivity contribution in [3.63, 3.8) is 0 Å². The first-order chi connectivity index (χ1) is 5.31. The van der Waals surface area contributed by atoms with Gasteiger partial charge in [0.1, 0.15) is 0 Å². The molecule has 0 saturated heterocycles. The topological polar surface area (TPSA) is 9.23 Å². The maximum atomic E-state index is 11.7. The van der Waals surface area contributed by atoms with Crippen LogP contribution in [0.1, 0.15) is 27.2 Å². The summed E-state index contributed by atoms with van der Waals surface area (Å²) in [5, 5.41) is 0. The summed E-state index contributed by atoms with van der Waals surface area (Å²) in [6.07, 6.45) is 0.375. The molecule has 0 aromatic rings. The van der Waals surface area contributed by atoms with Crippen LogP contribution in [-0.4, -0.2) is 19.6 Å². The smallest absolute Gasteiger partial charge is 0.447 e. The number of hydrogen-bond acceptors (Lipinski definition) is 1. The van der Waals surface area contributed by atoms with E-state index in [1.54, 1.807) is 6.92 Å². The van der Waals surface area contributed by atoms with Crippen molar-refractivity contribution >= 4 is 6.98 Å². The van der Waals surface area contributed by atoms with E-state index in [2.05, 4.69) is 4.74 Å². The van der Waals surface area contributed by atoms with Gasteiger partial charge in [0.25, 0.3) is 0 Å². The largest absolute Gasteiger partial charge is 1.00 e. The van der Waals surface area contributed by atoms with Gasteiger partial charge in [-0.2, -0.15) is 0 Å². The summed E-state index contributed by atoms with van der Waals surface area (Å²) in [5.74, 6) is 0.376. The second-order valence-electron chi connectivity index (χ2n) is 3.48. The molecule has 0 bridgehead atoms. The van der Waals surface area contributed by atoms with Gasteiger partial charge in [-0.05, 0) is 19.3 Å². The van der Waals surface area contributed by atoms with Crippen LogP contribution in [0.2, 0.25) is 0 Å². The van der Waals surface area contributed by atoms with Crippen molar-refractivity contribution in [1.29, 1.82) is 0 Å². The molecule has 6 heteroatoms. The van der Waals surface area contributed by atoms with Crippen LogP contribution >= 0.6 is 0 Å². The van der Waals surface area contributed by atoms with E-state index < -0.39 is 13.5 Å². The third kappa shape index (κ3) is 13.5. The van der Waals surface area contributed by atoms with Gasteiger partial charge in [-0.1, -0.05) is 13.8 Å². The van der Waals surface area contributed by atoms with Gasteiger partial charge in [0.15, 0.2) is 0 Å². The fourth-order valence-electron chi connectivity index (χ4n) is 1.01.